The molecule has 0 unspecified atom stereocenters. The molecule has 0 aliphatic rings. The maximum atomic E-state index is 4.53. The standard InChI is InChI=1S/C16H21N5.HI/c1-3-11-18-16(17-4-2)19-13-14-10-12-21(20-14)15-8-6-5-7-9-15;/h3,5-10,12H,1,4,11,13H2,2H3,(H2,17,18,19);1H. The van der Waals surface area contributed by atoms with Gasteiger partial charge in [0.15, 0.2) is 5.96 Å². The molecule has 2 aromatic rings. The van der Waals surface area contributed by atoms with E-state index in [9.17, 15) is 0 Å². The molecule has 2 N–H and O–H groups in total. The van der Waals surface area contributed by atoms with Gasteiger partial charge in [-0.1, -0.05) is 24.3 Å². The van der Waals surface area contributed by atoms with E-state index in [4.69, 9.17) is 0 Å². The SMILES string of the molecule is C=CCNC(=NCc1ccn(-c2ccccc2)n1)NCC.I. The first-order chi connectivity index (χ1) is 10.3. The second-order valence-corrected chi connectivity index (χ2v) is 4.45. The van der Waals surface area contributed by atoms with Crippen molar-refractivity contribution in [2.75, 3.05) is 13.1 Å². The van der Waals surface area contributed by atoms with Crippen LogP contribution >= 0.6 is 24.0 Å². The van der Waals surface area contributed by atoms with Crippen molar-refractivity contribution in [3.63, 3.8) is 0 Å². The van der Waals surface area contributed by atoms with Gasteiger partial charge in [0, 0.05) is 19.3 Å². The number of guanidine groups is 1. The number of hydrogen-bond acceptors (Lipinski definition) is 2. The molecule has 0 aliphatic carbocycles. The molecule has 1 heterocycles. The van der Waals surface area contributed by atoms with Crippen LogP contribution in [0.1, 0.15) is 12.6 Å². The fourth-order valence-corrected chi connectivity index (χ4v) is 1.84. The molecule has 1 aromatic carbocycles. The van der Waals surface area contributed by atoms with Crippen LogP contribution in [0.25, 0.3) is 5.69 Å². The molecule has 0 atom stereocenters. The average Bonchev–Trinajstić information content (AvgIpc) is 3.00. The zero-order valence-electron chi connectivity index (χ0n) is 12.7. The summed E-state index contributed by atoms with van der Waals surface area (Å²) in [6.07, 6.45) is 3.75. The molecule has 0 saturated carbocycles. The topological polar surface area (TPSA) is 54.2 Å². The van der Waals surface area contributed by atoms with Gasteiger partial charge in [0.2, 0.25) is 0 Å². The number of benzene rings is 1. The van der Waals surface area contributed by atoms with Gasteiger partial charge in [-0.15, -0.1) is 30.6 Å². The molecule has 0 amide bonds. The fourth-order valence-electron chi connectivity index (χ4n) is 1.84. The van der Waals surface area contributed by atoms with E-state index in [-0.39, 0.29) is 24.0 Å². The monoisotopic (exact) mass is 411 g/mol. The lowest BCUT2D eigenvalue weighted by atomic mass is 10.3. The van der Waals surface area contributed by atoms with Crippen molar-refractivity contribution in [1.82, 2.24) is 20.4 Å². The normalized spacial score (nSPS) is 10.7. The van der Waals surface area contributed by atoms with Crippen LogP contribution in [-0.4, -0.2) is 28.8 Å². The molecule has 1 aromatic heterocycles. The number of hydrogen-bond donors (Lipinski definition) is 2. The maximum absolute atomic E-state index is 4.53. The molecule has 0 saturated heterocycles. The average molecular weight is 411 g/mol. The van der Waals surface area contributed by atoms with Crippen molar-refractivity contribution in [3.8, 4) is 5.69 Å². The predicted molar refractivity (Wildman–Crippen MR) is 102 cm³/mol. The van der Waals surface area contributed by atoms with Crippen molar-refractivity contribution in [2.24, 2.45) is 4.99 Å². The number of halogens is 1. The highest BCUT2D eigenvalue weighted by Crippen LogP contribution is 2.07. The van der Waals surface area contributed by atoms with E-state index in [1.165, 1.54) is 0 Å². The third-order valence-electron chi connectivity index (χ3n) is 2.82. The van der Waals surface area contributed by atoms with Crippen molar-refractivity contribution >= 4 is 29.9 Å². The minimum absolute atomic E-state index is 0. The molecule has 0 spiro atoms. The summed E-state index contributed by atoms with van der Waals surface area (Å²) in [5, 5.41) is 10.9. The summed E-state index contributed by atoms with van der Waals surface area (Å²) >= 11 is 0. The van der Waals surface area contributed by atoms with Gasteiger partial charge in [0.05, 0.1) is 17.9 Å². The fraction of sp³-hybridized carbons (Fsp3) is 0.250. The van der Waals surface area contributed by atoms with E-state index >= 15 is 0 Å². The molecule has 6 heteroatoms. The Hall–Kier alpha value is -1.83. The Balaban J connectivity index is 0.00000242. The molecule has 0 radical (unpaired) electrons. The van der Waals surface area contributed by atoms with E-state index in [2.05, 4.69) is 27.3 Å². The van der Waals surface area contributed by atoms with Gasteiger partial charge in [-0.3, -0.25) is 0 Å². The number of aliphatic imine (C=N–C) groups is 1. The highest BCUT2D eigenvalue weighted by Gasteiger charge is 2.01. The molecule has 0 aliphatic heterocycles. The number of nitrogens with one attached hydrogen (secondary N) is 2. The molecule has 0 fully saturated rings. The minimum Gasteiger partial charge on any atom is -0.357 e. The van der Waals surface area contributed by atoms with Gasteiger partial charge in [0.1, 0.15) is 0 Å². The molecule has 5 nitrogen and oxygen atoms in total. The van der Waals surface area contributed by atoms with Crippen molar-refractivity contribution in [2.45, 2.75) is 13.5 Å². The third-order valence-corrected chi connectivity index (χ3v) is 2.82. The zero-order valence-corrected chi connectivity index (χ0v) is 15.0. The van der Waals surface area contributed by atoms with E-state index in [1.54, 1.807) is 6.08 Å². The summed E-state index contributed by atoms with van der Waals surface area (Å²) in [4.78, 5) is 4.50. The van der Waals surface area contributed by atoms with Gasteiger partial charge in [-0.2, -0.15) is 5.10 Å². The Morgan fingerprint density at radius 1 is 1.27 bits per heavy atom. The molecular formula is C16H22IN5. The van der Waals surface area contributed by atoms with E-state index < -0.39 is 0 Å². The summed E-state index contributed by atoms with van der Waals surface area (Å²) in [6.45, 7) is 7.76. The van der Waals surface area contributed by atoms with Crippen LogP contribution in [0, 0.1) is 0 Å². The molecule has 0 bridgehead atoms. The van der Waals surface area contributed by atoms with Crippen LogP contribution in [0.3, 0.4) is 0 Å². The van der Waals surface area contributed by atoms with E-state index in [0.29, 0.717) is 13.1 Å². The third kappa shape index (κ3) is 5.51. The Labute approximate surface area is 148 Å². The lowest BCUT2D eigenvalue weighted by molar-refractivity contribution is 0.816. The van der Waals surface area contributed by atoms with Crippen LogP contribution < -0.4 is 10.6 Å². The Bertz CT molecular complexity index is 592. The van der Waals surface area contributed by atoms with Gasteiger partial charge < -0.3 is 10.6 Å². The Morgan fingerprint density at radius 2 is 2.05 bits per heavy atom. The van der Waals surface area contributed by atoms with Gasteiger partial charge in [-0.25, -0.2) is 9.67 Å². The number of nitrogens with zero attached hydrogens (tertiary/aromatic N) is 3. The lowest BCUT2D eigenvalue weighted by Crippen LogP contribution is -2.37. The second kappa shape index (κ2) is 9.99. The summed E-state index contributed by atoms with van der Waals surface area (Å²) in [6, 6.07) is 12.0. The Morgan fingerprint density at radius 3 is 2.73 bits per heavy atom. The van der Waals surface area contributed by atoms with E-state index in [0.717, 1.165) is 23.9 Å². The Kier molecular flexibility index (Phi) is 8.27. The van der Waals surface area contributed by atoms with Crippen LogP contribution in [0.15, 0.2) is 60.2 Å². The molecule has 22 heavy (non-hydrogen) atoms. The zero-order chi connectivity index (χ0) is 14.9. The van der Waals surface area contributed by atoms with E-state index in [1.807, 2.05) is 54.2 Å². The van der Waals surface area contributed by atoms with Gasteiger partial charge >= 0.3 is 0 Å². The predicted octanol–water partition coefficient (Wildman–Crippen LogP) is 2.73. The minimum atomic E-state index is 0. The van der Waals surface area contributed by atoms with Crippen LogP contribution in [0.5, 0.6) is 0 Å². The number of aromatic nitrogens is 2. The number of para-hydroxylation sites is 1. The van der Waals surface area contributed by atoms with Crippen LogP contribution in [0.4, 0.5) is 0 Å². The lowest BCUT2D eigenvalue weighted by Gasteiger charge is -2.08. The summed E-state index contributed by atoms with van der Waals surface area (Å²) in [5.74, 6) is 0.770. The van der Waals surface area contributed by atoms with Crippen LogP contribution in [0.2, 0.25) is 0 Å². The van der Waals surface area contributed by atoms with Crippen molar-refractivity contribution < 1.29 is 0 Å². The molecular weight excluding hydrogens is 389 g/mol. The highest BCUT2D eigenvalue weighted by molar-refractivity contribution is 14.0. The van der Waals surface area contributed by atoms with Crippen LogP contribution in [-0.2, 0) is 6.54 Å². The first kappa shape index (κ1) is 18.2. The largest absolute Gasteiger partial charge is 0.357 e. The maximum Gasteiger partial charge on any atom is 0.191 e. The highest BCUT2D eigenvalue weighted by atomic mass is 127. The smallest absolute Gasteiger partial charge is 0.191 e. The quantitative estimate of drug-likeness (QED) is 0.333. The van der Waals surface area contributed by atoms with Crippen molar-refractivity contribution in [1.29, 1.82) is 0 Å². The van der Waals surface area contributed by atoms with Gasteiger partial charge in [0.25, 0.3) is 0 Å². The van der Waals surface area contributed by atoms with Gasteiger partial charge in [-0.05, 0) is 25.1 Å². The molecule has 118 valence electrons. The summed E-state index contributed by atoms with van der Waals surface area (Å²) in [7, 11) is 0. The summed E-state index contributed by atoms with van der Waals surface area (Å²) < 4.78 is 1.86. The molecule has 2 rings (SSSR count). The first-order valence-electron chi connectivity index (χ1n) is 7.06. The first-order valence-corrected chi connectivity index (χ1v) is 7.06. The summed E-state index contributed by atoms with van der Waals surface area (Å²) in [5.41, 5.74) is 1.97. The number of rotatable bonds is 6. The van der Waals surface area contributed by atoms with Crippen molar-refractivity contribution in [3.05, 3.63) is 60.9 Å². The second-order valence-electron chi connectivity index (χ2n) is 4.45.